The molecule has 150 valence electrons. The topological polar surface area (TPSA) is 107 Å². The molecule has 0 aliphatic rings. The van der Waals surface area contributed by atoms with Crippen molar-refractivity contribution >= 4 is 40.3 Å². The number of fused-ring (bicyclic) bond motifs is 1. The largest absolute Gasteiger partial charge is 0.368 e. The molecule has 0 fully saturated rings. The van der Waals surface area contributed by atoms with E-state index >= 15 is 0 Å². The molecular weight excluding hydrogens is 413 g/mol. The summed E-state index contributed by atoms with van der Waals surface area (Å²) in [6, 6.07) is 7.96. The zero-order chi connectivity index (χ0) is 21.1. The lowest BCUT2D eigenvalue weighted by molar-refractivity contribution is -0.121. The van der Waals surface area contributed by atoms with Crippen LogP contribution in [0.5, 0.6) is 0 Å². The minimum absolute atomic E-state index is 0.178. The number of amides is 1. The summed E-state index contributed by atoms with van der Waals surface area (Å²) in [5.74, 6) is -0.607. The Bertz CT molecular complexity index is 1160. The second-order valence-electron chi connectivity index (χ2n) is 6.68. The van der Waals surface area contributed by atoms with Crippen LogP contribution < -0.4 is 11.4 Å². The molecule has 0 saturated heterocycles. The van der Waals surface area contributed by atoms with Crippen molar-refractivity contribution < 1.29 is 4.79 Å². The van der Waals surface area contributed by atoms with Crippen LogP contribution in [-0.2, 0) is 11.3 Å². The Morgan fingerprint density at radius 1 is 1.24 bits per heavy atom. The Balaban J connectivity index is 2.25. The number of primary amides is 1. The van der Waals surface area contributed by atoms with Gasteiger partial charge in [-0.15, -0.1) is 0 Å². The molecule has 0 saturated carbocycles. The number of carbonyl (C=O) groups is 1. The summed E-state index contributed by atoms with van der Waals surface area (Å²) in [6.45, 7) is 1.81. The van der Waals surface area contributed by atoms with Crippen molar-refractivity contribution in [1.29, 1.82) is 5.26 Å². The number of benzene rings is 1. The quantitative estimate of drug-likeness (QED) is 0.611. The van der Waals surface area contributed by atoms with E-state index in [9.17, 15) is 14.9 Å². The maximum Gasteiger partial charge on any atom is 0.332 e. The third-order valence-electron chi connectivity index (χ3n) is 4.70. The molecular formula is C20H19Cl2N5O2. The first-order valence-electron chi connectivity index (χ1n) is 9.10. The summed E-state index contributed by atoms with van der Waals surface area (Å²) >= 11 is 12.2. The van der Waals surface area contributed by atoms with E-state index in [1.54, 1.807) is 30.5 Å². The molecule has 0 bridgehead atoms. The second kappa shape index (κ2) is 8.68. The Labute approximate surface area is 177 Å². The van der Waals surface area contributed by atoms with Crippen LogP contribution >= 0.6 is 23.2 Å². The highest BCUT2D eigenvalue weighted by Crippen LogP contribution is 2.29. The van der Waals surface area contributed by atoms with E-state index in [1.807, 2.05) is 13.0 Å². The van der Waals surface area contributed by atoms with Gasteiger partial charge >= 0.3 is 5.69 Å². The number of nitrogens with zero attached hydrogens (tertiary/aromatic N) is 4. The molecule has 0 aliphatic heterocycles. The number of unbranched alkanes of at least 4 members (excludes halogenated alkanes) is 1. The second-order valence-corrected chi connectivity index (χ2v) is 7.55. The molecule has 0 aliphatic carbocycles. The molecule has 0 spiro atoms. The number of imidazole rings is 1. The van der Waals surface area contributed by atoms with Gasteiger partial charge in [0.2, 0.25) is 5.91 Å². The zero-order valence-electron chi connectivity index (χ0n) is 15.7. The smallest absolute Gasteiger partial charge is 0.332 e. The molecule has 2 N–H and O–H groups in total. The normalized spacial score (nSPS) is 12.1. The van der Waals surface area contributed by atoms with E-state index in [1.165, 1.54) is 9.13 Å². The maximum absolute atomic E-state index is 13.0. The van der Waals surface area contributed by atoms with Gasteiger partial charge in [-0.2, -0.15) is 5.26 Å². The van der Waals surface area contributed by atoms with Crippen LogP contribution in [0, 0.1) is 11.3 Å². The van der Waals surface area contributed by atoms with Crippen LogP contribution in [0.3, 0.4) is 0 Å². The lowest BCUT2D eigenvalue weighted by Crippen LogP contribution is -2.35. The summed E-state index contributed by atoms with van der Waals surface area (Å²) in [5.41, 5.74) is 7.23. The molecule has 2 heterocycles. The van der Waals surface area contributed by atoms with Crippen LogP contribution in [-0.4, -0.2) is 20.0 Å². The summed E-state index contributed by atoms with van der Waals surface area (Å²) in [6.07, 6.45) is 3.58. The number of nitriles is 1. The Morgan fingerprint density at radius 3 is 2.52 bits per heavy atom. The fourth-order valence-corrected chi connectivity index (χ4v) is 3.86. The number of halogens is 2. The summed E-state index contributed by atoms with van der Waals surface area (Å²) in [5, 5.41) is 10.1. The van der Waals surface area contributed by atoms with Gasteiger partial charge < -0.3 is 5.73 Å². The van der Waals surface area contributed by atoms with Crippen LogP contribution in [0.1, 0.15) is 32.2 Å². The fraction of sp³-hybridized carbons (Fsp3) is 0.300. The third kappa shape index (κ3) is 4.14. The summed E-state index contributed by atoms with van der Waals surface area (Å²) < 4.78 is 2.58. The van der Waals surface area contributed by atoms with Crippen LogP contribution in [0.4, 0.5) is 0 Å². The summed E-state index contributed by atoms with van der Waals surface area (Å²) in [7, 11) is 0. The van der Waals surface area contributed by atoms with Crippen molar-refractivity contribution in [3.8, 4) is 17.2 Å². The first-order chi connectivity index (χ1) is 13.9. The van der Waals surface area contributed by atoms with Crippen molar-refractivity contribution in [2.45, 2.75) is 38.8 Å². The van der Waals surface area contributed by atoms with E-state index in [0.29, 0.717) is 33.2 Å². The molecule has 7 nitrogen and oxygen atoms in total. The average molecular weight is 432 g/mol. The fourth-order valence-electron chi connectivity index (χ4n) is 3.33. The van der Waals surface area contributed by atoms with Gasteiger partial charge in [-0.25, -0.2) is 9.78 Å². The Hall–Kier alpha value is -2.82. The number of carbonyl (C=O) groups excluding carboxylic acids is 1. The van der Waals surface area contributed by atoms with Crippen molar-refractivity contribution in [3.05, 3.63) is 51.0 Å². The Kier molecular flexibility index (Phi) is 6.26. The van der Waals surface area contributed by atoms with Gasteiger partial charge in [-0.05, 0) is 36.2 Å². The van der Waals surface area contributed by atoms with E-state index in [-0.39, 0.29) is 6.54 Å². The molecule has 1 atom stereocenters. The molecule has 0 radical (unpaired) electrons. The molecule has 1 unspecified atom stereocenters. The monoisotopic (exact) mass is 431 g/mol. The van der Waals surface area contributed by atoms with Gasteiger partial charge in [-0.3, -0.25) is 13.9 Å². The van der Waals surface area contributed by atoms with Crippen LogP contribution in [0.2, 0.25) is 10.0 Å². The number of rotatable bonds is 7. The molecule has 2 aromatic heterocycles. The van der Waals surface area contributed by atoms with Gasteiger partial charge in [-0.1, -0.05) is 43.0 Å². The molecule has 1 amide bonds. The minimum atomic E-state index is -0.830. The van der Waals surface area contributed by atoms with Gasteiger partial charge in [0.15, 0.2) is 5.65 Å². The maximum atomic E-state index is 13.0. The number of hydrogen-bond donors (Lipinski definition) is 1. The van der Waals surface area contributed by atoms with E-state index in [4.69, 9.17) is 28.9 Å². The van der Waals surface area contributed by atoms with Crippen molar-refractivity contribution in [2.24, 2.45) is 5.73 Å². The third-order valence-corrected chi connectivity index (χ3v) is 5.14. The number of hydrogen-bond acceptors (Lipinski definition) is 4. The van der Waals surface area contributed by atoms with E-state index < -0.39 is 17.6 Å². The predicted molar refractivity (Wildman–Crippen MR) is 113 cm³/mol. The minimum Gasteiger partial charge on any atom is -0.368 e. The summed E-state index contributed by atoms with van der Waals surface area (Å²) in [4.78, 5) is 29.5. The van der Waals surface area contributed by atoms with E-state index in [0.717, 1.165) is 18.4 Å². The van der Waals surface area contributed by atoms with Crippen molar-refractivity contribution in [1.82, 2.24) is 14.1 Å². The highest BCUT2D eigenvalue weighted by molar-refractivity contribution is 6.35. The van der Waals surface area contributed by atoms with Crippen LogP contribution in [0.15, 0.2) is 35.3 Å². The van der Waals surface area contributed by atoms with Gasteiger partial charge in [0.1, 0.15) is 12.6 Å². The Morgan fingerprint density at radius 2 is 1.93 bits per heavy atom. The van der Waals surface area contributed by atoms with Gasteiger partial charge in [0.05, 0.1) is 11.6 Å². The first kappa shape index (κ1) is 20.9. The highest BCUT2D eigenvalue weighted by Gasteiger charge is 2.25. The molecule has 3 rings (SSSR count). The predicted octanol–water partition coefficient (Wildman–Crippen LogP) is 3.91. The average Bonchev–Trinajstić information content (AvgIpc) is 2.93. The van der Waals surface area contributed by atoms with Crippen LogP contribution in [0.25, 0.3) is 22.3 Å². The van der Waals surface area contributed by atoms with E-state index in [2.05, 4.69) is 4.98 Å². The number of aromatic nitrogens is 3. The molecule has 3 aromatic rings. The standard InChI is InChI=1S/C20H19Cl2N5O2/c1-2-3-4-16(18(24)28)27-19-17(26(6-5-23)20(27)29)9-13(11-25-19)12-7-14(21)10-15(22)8-12/h7-11,16H,2-4,6H2,1H3,(H2,24,28). The van der Waals surface area contributed by atoms with Gasteiger partial charge in [0, 0.05) is 21.8 Å². The highest BCUT2D eigenvalue weighted by atomic mass is 35.5. The number of pyridine rings is 1. The van der Waals surface area contributed by atoms with Gasteiger partial charge in [0.25, 0.3) is 0 Å². The van der Waals surface area contributed by atoms with Crippen molar-refractivity contribution in [3.63, 3.8) is 0 Å². The zero-order valence-corrected chi connectivity index (χ0v) is 17.2. The number of nitrogens with two attached hydrogens (primary N) is 1. The molecule has 9 heteroatoms. The molecule has 29 heavy (non-hydrogen) atoms. The lowest BCUT2D eigenvalue weighted by atomic mass is 10.1. The molecule has 1 aromatic carbocycles. The van der Waals surface area contributed by atoms with Crippen molar-refractivity contribution in [2.75, 3.05) is 0 Å². The SMILES string of the molecule is CCCCC(C(N)=O)n1c(=O)n(CC#N)c2cc(-c3cc(Cl)cc(Cl)c3)cnc21. The lowest BCUT2D eigenvalue weighted by Gasteiger charge is -2.14. The first-order valence-corrected chi connectivity index (χ1v) is 9.86.